The van der Waals surface area contributed by atoms with E-state index < -0.39 is 12.1 Å². The van der Waals surface area contributed by atoms with Crippen molar-refractivity contribution in [2.45, 2.75) is 13.0 Å². The zero-order valence-corrected chi connectivity index (χ0v) is 12.3. The molecule has 1 fully saturated rings. The van der Waals surface area contributed by atoms with Crippen LogP contribution in [0.5, 0.6) is 0 Å². The van der Waals surface area contributed by atoms with Crippen LogP contribution in [-0.2, 0) is 11.8 Å². The van der Waals surface area contributed by atoms with Gasteiger partial charge in [0.15, 0.2) is 0 Å². The molecule has 0 saturated carbocycles. The number of aromatic nitrogens is 2. The Morgan fingerprint density at radius 2 is 2.10 bits per heavy atom. The van der Waals surface area contributed by atoms with Crippen molar-refractivity contribution in [2.75, 3.05) is 4.90 Å². The Kier molecular flexibility index (Phi) is 3.17. The number of urea groups is 1. The fourth-order valence-corrected chi connectivity index (χ4v) is 2.43. The molecule has 0 spiro atoms. The molecule has 3 amide bonds. The van der Waals surface area contributed by atoms with Crippen LogP contribution in [0.4, 0.5) is 10.5 Å². The van der Waals surface area contributed by atoms with Gasteiger partial charge in [-0.2, -0.15) is 5.10 Å². The maximum atomic E-state index is 12.5. The van der Waals surface area contributed by atoms with Crippen LogP contribution in [0.25, 0.3) is 0 Å². The highest BCUT2D eigenvalue weighted by molar-refractivity contribution is 6.32. The second-order valence-corrected chi connectivity index (χ2v) is 5.34. The van der Waals surface area contributed by atoms with E-state index in [0.29, 0.717) is 16.3 Å². The number of rotatable bonds is 2. The van der Waals surface area contributed by atoms with Gasteiger partial charge in [0.1, 0.15) is 6.04 Å². The third kappa shape index (κ3) is 2.27. The molecular formula is C14H13ClN4O2. The molecule has 0 radical (unpaired) electrons. The van der Waals surface area contributed by atoms with Crippen LogP contribution >= 0.6 is 11.6 Å². The average molecular weight is 305 g/mol. The van der Waals surface area contributed by atoms with Crippen molar-refractivity contribution in [3.8, 4) is 0 Å². The summed E-state index contributed by atoms with van der Waals surface area (Å²) in [5, 5.41) is 7.19. The highest BCUT2D eigenvalue weighted by atomic mass is 35.5. The molecule has 1 atom stereocenters. The van der Waals surface area contributed by atoms with Gasteiger partial charge in [-0.25, -0.2) is 9.69 Å². The molecule has 1 aromatic carbocycles. The summed E-state index contributed by atoms with van der Waals surface area (Å²) in [5.41, 5.74) is 1.99. The van der Waals surface area contributed by atoms with Crippen LogP contribution in [0, 0.1) is 6.92 Å². The Morgan fingerprint density at radius 3 is 2.71 bits per heavy atom. The van der Waals surface area contributed by atoms with Gasteiger partial charge in [0, 0.05) is 23.8 Å². The first kappa shape index (κ1) is 13.6. The van der Waals surface area contributed by atoms with Crippen LogP contribution in [0.2, 0.25) is 5.02 Å². The number of carbonyl (C=O) groups excluding carboxylic acids is 2. The number of nitrogens with zero attached hydrogens (tertiary/aromatic N) is 3. The summed E-state index contributed by atoms with van der Waals surface area (Å²) in [6, 6.07) is 3.90. The first-order chi connectivity index (χ1) is 9.97. The molecule has 1 unspecified atom stereocenters. The van der Waals surface area contributed by atoms with E-state index in [2.05, 4.69) is 10.4 Å². The van der Waals surface area contributed by atoms with Gasteiger partial charge in [-0.05, 0) is 24.6 Å². The Labute approximate surface area is 126 Å². The van der Waals surface area contributed by atoms with Crippen molar-refractivity contribution in [3.05, 3.63) is 46.7 Å². The number of hydrogen-bond donors (Lipinski definition) is 1. The molecule has 1 aromatic heterocycles. The van der Waals surface area contributed by atoms with Crippen LogP contribution in [0.3, 0.4) is 0 Å². The zero-order valence-electron chi connectivity index (χ0n) is 11.5. The van der Waals surface area contributed by atoms with Crippen molar-refractivity contribution < 1.29 is 9.59 Å². The highest BCUT2D eigenvalue weighted by Gasteiger charge is 2.40. The van der Waals surface area contributed by atoms with Gasteiger partial charge in [-0.3, -0.25) is 9.48 Å². The largest absolute Gasteiger partial charge is 0.329 e. The molecule has 7 heteroatoms. The SMILES string of the molecule is Cc1ccc(N2C(=O)NC(c3cnn(C)c3)C2=O)cc1Cl. The lowest BCUT2D eigenvalue weighted by Crippen LogP contribution is -2.30. The summed E-state index contributed by atoms with van der Waals surface area (Å²) in [6.45, 7) is 1.86. The topological polar surface area (TPSA) is 67.2 Å². The molecule has 1 saturated heterocycles. The van der Waals surface area contributed by atoms with Crippen molar-refractivity contribution in [2.24, 2.45) is 7.05 Å². The Bertz CT molecular complexity index is 740. The summed E-state index contributed by atoms with van der Waals surface area (Å²) < 4.78 is 1.58. The summed E-state index contributed by atoms with van der Waals surface area (Å²) >= 11 is 6.06. The number of nitrogens with one attached hydrogen (secondary N) is 1. The van der Waals surface area contributed by atoms with E-state index in [4.69, 9.17) is 11.6 Å². The van der Waals surface area contributed by atoms with E-state index in [0.717, 1.165) is 10.5 Å². The quantitative estimate of drug-likeness (QED) is 0.865. The minimum atomic E-state index is -0.716. The third-order valence-corrected chi connectivity index (χ3v) is 3.82. The smallest absolute Gasteiger partial charge is 0.321 e. The van der Waals surface area contributed by atoms with Crippen LogP contribution in [0.1, 0.15) is 17.2 Å². The van der Waals surface area contributed by atoms with Gasteiger partial charge >= 0.3 is 6.03 Å². The third-order valence-electron chi connectivity index (χ3n) is 3.41. The monoisotopic (exact) mass is 304 g/mol. The van der Waals surface area contributed by atoms with Gasteiger partial charge in [0.2, 0.25) is 0 Å². The number of imide groups is 1. The molecule has 108 valence electrons. The first-order valence-electron chi connectivity index (χ1n) is 6.36. The van der Waals surface area contributed by atoms with Crippen LogP contribution in [0.15, 0.2) is 30.6 Å². The van der Waals surface area contributed by atoms with Crippen LogP contribution in [-0.4, -0.2) is 21.7 Å². The Morgan fingerprint density at radius 1 is 1.33 bits per heavy atom. The van der Waals surface area contributed by atoms with E-state index in [-0.39, 0.29) is 5.91 Å². The Balaban J connectivity index is 1.95. The highest BCUT2D eigenvalue weighted by Crippen LogP contribution is 2.29. The van der Waals surface area contributed by atoms with Crippen molar-refractivity contribution >= 4 is 29.2 Å². The number of aryl methyl sites for hydroxylation is 2. The molecule has 6 nitrogen and oxygen atoms in total. The zero-order chi connectivity index (χ0) is 15.1. The van der Waals surface area contributed by atoms with Gasteiger partial charge < -0.3 is 5.32 Å². The van der Waals surface area contributed by atoms with E-state index in [1.54, 1.807) is 42.3 Å². The summed E-state index contributed by atoms with van der Waals surface area (Å²) in [4.78, 5) is 25.7. The summed E-state index contributed by atoms with van der Waals surface area (Å²) in [5.74, 6) is -0.340. The minimum absolute atomic E-state index is 0.340. The lowest BCUT2D eigenvalue weighted by molar-refractivity contribution is -0.118. The molecule has 1 N–H and O–H groups in total. The number of anilines is 1. The second kappa shape index (κ2) is 4.89. The van der Waals surface area contributed by atoms with E-state index >= 15 is 0 Å². The molecule has 0 aliphatic carbocycles. The number of hydrogen-bond acceptors (Lipinski definition) is 3. The van der Waals surface area contributed by atoms with Gasteiger partial charge in [0.25, 0.3) is 5.91 Å². The first-order valence-corrected chi connectivity index (χ1v) is 6.74. The molecule has 1 aliphatic rings. The van der Waals surface area contributed by atoms with Gasteiger partial charge in [-0.1, -0.05) is 17.7 Å². The normalized spacial score (nSPS) is 18.2. The average Bonchev–Trinajstić information content (AvgIpc) is 2.97. The number of benzene rings is 1. The standard InChI is InChI=1S/C14H13ClN4O2/c1-8-3-4-10(5-11(8)15)19-13(20)12(17-14(19)21)9-6-16-18(2)7-9/h3-7,12H,1-2H3,(H,17,21). The van der Waals surface area contributed by atoms with Gasteiger partial charge in [0.05, 0.1) is 11.9 Å². The van der Waals surface area contributed by atoms with Crippen molar-refractivity contribution in [3.63, 3.8) is 0 Å². The number of amides is 3. The summed E-state index contributed by atoms with van der Waals surface area (Å²) in [7, 11) is 1.75. The molecule has 2 heterocycles. The molecular weight excluding hydrogens is 292 g/mol. The summed E-state index contributed by atoms with van der Waals surface area (Å²) in [6.07, 6.45) is 3.27. The van der Waals surface area contributed by atoms with E-state index in [9.17, 15) is 9.59 Å². The maximum absolute atomic E-state index is 12.5. The molecule has 2 aromatic rings. The predicted molar refractivity (Wildman–Crippen MR) is 78.2 cm³/mol. The van der Waals surface area contributed by atoms with Crippen molar-refractivity contribution in [1.82, 2.24) is 15.1 Å². The predicted octanol–water partition coefficient (Wildman–Crippen LogP) is 2.18. The number of carbonyl (C=O) groups is 2. The minimum Gasteiger partial charge on any atom is -0.321 e. The van der Waals surface area contributed by atoms with Crippen LogP contribution < -0.4 is 10.2 Å². The molecule has 1 aliphatic heterocycles. The van der Waals surface area contributed by atoms with Crippen molar-refractivity contribution in [1.29, 1.82) is 0 Å². The van der Waals surface area contributed by atoms with Gasteiger partial charge in [-0.15, -0.1) is 0 Å². The van der Waals surface area contributed by atoms with E-state index in [1.165, 1.54) is 0 Å². The maximum Gasteiger partial charge on any atom is 0.329 e. The molecule has 0 bridgehead atoms. The lowest BCUT2D eigenvalue weighted by atomic mass is 10.1. The molecule has 3 rings (SSSR count). The second-order valence-electron chi connectivity index (χ2n) is 4.94. The Hall–Kier alpha value is -2.34. The molecule has 21 heavy (non-hydrogen) atoms. The lowest BCUT2D eigenvalue weighted by Gasteiger charge is -2.13. The van der Waals surface area contributed by atoms with E-state index in [1.807, 2.05) is 6.92 Å². The fourth-order valence-electron chi connectivity index (χ4n) is 2.26. The number of halogens is 1. The fraction of sp³-hybridized carbons (Fsp3) is 0.214.